The summed E-state index contributed by atoms with van der Waals surface area (Å²) in [6.45, 7) is 6.91. The van der Waals surface area contributed by atoms with Gasteiger partial charge in [-0.15, -0.1) is 0 Å². The molecule has 2 rings (SSSR count). The van der Waals surface area contributed by atoms with Crippen LogP contribution in [-0.4, -0.2) is 22.6 Å². The van der Waals surface area contributed by atoms with Gasteiger partial charge in [-0.05, 0) is 32.6 Å². The molecule has 1 aliphatic rings. The quantitative estimate of drug-likeness (QED) is 0.871. The second kappa shape index (κ2) is 5.34. The summed E-state index contributed by atoms with van der Waals surface area (Å²) in [4.78, 5) is 8.47. The fourth-order valence-corrected chi connectivity index (χ4v) is 2.40. The number of ether oxygens (including phenoxy) is 1. The molecule has 0 bridgehead atoms. The lowest BCUT2D eigenvalue weighted by atomic mass is 10.1. The molecule has 4 heteroatoms. The van der Waals surface area contributed by atoms with Crippen molar-refractivity contribution in [2.24, 2.45) is 5.92 Å². The van der Waals surface area contributed by atoms with Crippen LogP contribution in [0.2, 0.25) is 0 Å². The molecule has 2 atom stereocenters. The van der Waals surface area contributed by atoms with Crippen LogP contribution in [0.5, 0.6) is 5.88 Å². The summed E-state index contributed by atoms with van der Waals surface area (Å²) in [5, 5.41) is 3.53. The summed E-state index contributed by atoms with van der Waals surface area (Å²) in [5.41, 5.74) is 1.01. The van der Waals surface area contributed by atoms with Gasteiger partial charge in [0.2, 0.25) is 5.88 Å². The first-order chi connectivity index (χ1) is 8.22. The molecule has 1 aromatic heterocycles. The SMILES string of the molecule is CCOc1ncnc(NC2CCCC2C)c1C. The molecular formula is C13H21N3O. The van der Waals surface area contributed by atoms with E-state index < -0.39 is 0 Å². The topological polar surface area (TPSA) is 47.0 Å². The molecule has 0 saturated heterocycles. The number of rotatable bonds is 4. The maximum Gasteiger partial charge on any atom is 0.221 e. The zero-order valence-corrected chi connectivity index (χ0v) is 10.9. The van der Waals surface area contributed by atoms with Gasteiger partial charge in [-0.1, -0.05) is 13.3 Å². The molecule has 0 spiro atoms. The highest BCUT2D eigenvalue weighted by atomic mass is 16.5. The molecule has 0 radical (unpaired) electrons. The van der Waals surface area contributed by atoms with Crippen LogP contribution in [0.1, 0.15) is 38.7 Å². The fraction of sp³-hybridized carbons (Fsp3) is 0.692. The minimum atomic E-state index is 0.540. The van der Waals surface area contributed by atoms with Crippen molar-refractivity contribution in [1.82, 2.24) is 9.97 Å². The zero-order valence-electron chi connectivity index (χ0n) is 10.9. The van der Waals surface area contributed by atoms with Crippen molar-refractivity contribution in [3.63, 3.8) is 0 Å². The van der Waals surface area contributed by atoms with E-state index in [1.165, 1.54) is 19.3 Å². The normalized spacial score (nSPS) is 23.7. The molecule has 1 fully saturated rings. The van der Waals surface area contributed by atoms with E-state index in [2.05, 4.69) is 22.2 Å². The van der Waals surface area contributed by atoms with Crippen LogP contribution in [0.4, 0.5) is 5.82 Å². The maximum atomic E-state index is 5.48. The Morgan fingerprint density at radius 3 is 2.88 bits per heavy atom. The van der Waals surface area contributed by atoms with Crippen LogP contribution in [0.15, 0.2) is 6.33 Å². The molecule has 94 valence electrons. The molecule has 17 heavy (non-hydrogen) atoms. The van der Waals surface area contributed by atoms with Crippen molar-refractivity contribution in [2.45, 2.75) is 46.1 Å². The van der Waals surface area contributed by atoms with Gasteiger partial charge in [0.1, 0.15) is 12.1 Å². The third-order valence-electron chi connectivity index (χ3n) is 3.50. The lowest BCUT2D eigenvalue weighted by Gasteiger charge is -2.19. The van der Waals surface area contributed by atoms with Gasteiger partial charge in [-0.25, -0.2) is 9.97 Å². The van der Waals surface area contributed by atoms with E-state index in [0.29, 0.717) is 18.5 Å². The van der Waals surface area contributed by atoms with Gasteiger partial charge in [-0.3, -0.25) is 0 Å². The number of hydrogen-bond donors (Lipinski definition) is 1. The average molecular weight is 235 g/mol. The van der Waals surface area contributed by atoms with Gasteiger partial charge in [0.05, 0.1) is 12.2 Å². The van der Waals surface area contributed by atoms with Gasteiger partial charge in [-0.2, -0.15) is 0 Å². The monoisotopic (exact) mass is 235 g/mol. The Labute approximate surface area is 103 Å². The average Bonchev–Trinajstić information content (AvgIpc) is 2.70. The van der Waals surface area contributed by atoms with Crippen LogP contribution in [0.3, 0.4) is 0 Å². The largest absolute Gasteiger partial charge is 0.478 e. The van der Waals surface area contributed by atoms with Crippen molar-refractivity contribution >= 4 is 5.82 Å². The highest BCUT2D eigenvalue weighted by molar-refractivity contribution is 5.48. The summed E-state index contributed by atoms with van der Waals surface area (Å²) in [7, 11) is 0. The van der Waals surface area contributed by atoms with Crippen molar-refractivity contribution < 1.29 is 4.74 Å². The first-order valence-electron chi connectivity index (χ1n) is 6.43. The molecule has 1 saturated carbocycles. The van der Waals surface area contributed by atoms with Crippen LogP contribution in [0, 0.1) is 12.8 Å². The predicted octanol–water partition coefficient (Wildman–Crippen LogP) is 2.78. The minimum absolute atomic E-state index is 0.540. The molecule has 4 nitrogen and oxygen atoms in total. The van der Waals surface area contributed by atoms with E-state index in [1.807, 2.05) is 13.8 Å². The summed E-state index contributed by atoms with van der Waals surface area (Å²) in [6, 6.07) is 0.540. The number of anilines is 1. The Morgan fingerprint density at radius 1 is 1.41 bits per heavy atom. The standard InChI is InChI=1S/C13H21N3O/c1-4-17-13-10(3)12(14-8-15-13)16-11-7-5-6-9(11)2/h8-9,11H,4-7H2,1-3H3,(H,14,15,16). The van der Waals surface area contributed by atoms with Crippen molar-refractivity contribution in [1.29, 1.82) is 0 Å². The zero-order chi connectivity index (χ0) is 12.3. The third kappa shape index (κ3) is 2.68. The van der Waals surface area contributed by atoms with E-state index in [-0.39, 0.29) is 0 Å². The van der Waals surface area contributed by atoms with Crippen LogP contribution in [-0.2, 0) is 0 Å². The Bertz CT molecular complexity index is 381. The molecular weight excluding hydrogens is 214 g/mol. The predicted molar refractivity (Wildman–Crippen MR) is 68.4 cm³/mol. The number of hydrogen-bond acceptors (Lipinski definition) is 4. The highest BCUT2D eigenvalue weighted by Gasteiger charge is 2.24. The lowest BCUT2D eigenvalue weighted by molar-refractivity contribution is 0.323. The second-order valence-corrected chi connectivity index (χ2v) is 4.74. The number of aromatic nitrogens is 2. The highest BCUT2D eigenvalue weighted by Crippen LogP contribution is 2.29. The van der Waals surface area contributed by atoms with Gasteiger partial charge in [0, 0.05) is 6.04 Å². The van der Waals surface area contributed by atoms with E-state index in [1.54, 1.807) is 6.33 Å². The molecule has 0 amide bonds. The van der Waals surface area contributed by atoms with Gasteiger partial charge in [0.25, 0.3) is 0 Å². The molecule has 0 aromatic carbocycles. The Kier molecular flexibility index (Phi) is 3.82. The Balaban J connectivity index is 2.12. The summed E-state index contributed by atoms with van der Waals surface area (Å²) < 4.78 is 5.48. The smallest absolute Gasteiger partial charge is 0.221 e. The summed E-state index contributed by atoms with van der Waals surface area (Å²) in [5.74, 6) is 2.33. The molecule has 1 N–H and O–H groups in total. The minimum Gasteiger partial charge on any atom is -0.478 e. The fourth-order valence-electron chi connectivity index (χ4n) is 2.40. The van der Waals surface area contributed by atoms with Crippen molar-refractivity contribution in [3.8, 4) is 5.88 Å². The van der Waals surface area contributed by atoms with Crippen LogP contribution >= 0.6 is 0 Å². The molecule has 1 aromatic rings. The molecule has 0 aliphatic heterocycles. The maximum absolute atomic E-state index is 5.48. The third-order valence-corrected chi connectivity index (χ3v) is 3.50. The molecule has 2 unspecified atom stereocenters. The van der Waals surface area contributed by atoms with Crippen molar-refractivity contribution in [3.05, 3.63) is 11.9 Å². The van der Waals surface area contributed by atoms with E-state index in [9.17, 15) is 0 Å². The second-order valence-electron chi connectivity index (χ2n) is 4.74. The van der Waals surface area contributed by atoms with E-state index in [4.69, 9.17) is 4.74 Å². The first-order valence-corrected chi connectivity index (χ1v) is 6.43. The summed E-state index contributed by atoms with van der Waals surface area (Å²) >= 11 is 0. The van der Waals surface area contributed by atoms with E-state index in [0.717, 1.165) is 17.3 Å². The van der Waals surface area contributed by atoms with Gasteiger partial charge >= 0.3 is 0 Å². The summed E-state index contributed by atoms with van der Waals surface area (Å²) in [6.07, 6.45) is 5.41. The van der Waals surface area contributed by atoms with Gasteiger partial charge in [0.15, 0.2) is 0 Å². The Morgan fingerprint density at radius 2 is 2.24 bits per heavy atom. The van der Waals surface area contributed by atoms with E-state index >= 15 is 0 Å². The van der Waals surface area contributed by atoms with Crippen molar-refractivity contribution in [2.75, 3.05) is 11.9 Å². The van der Waals surface area contributed by atoms with Crippen LogP contribution in [0.25, 0.3) is 0 Å². The first kappa shape index (κ1) is 12.1. The number of nitrogens with zero attached hydrogens (tertiary/aromatic N) is 2. The number of nitrogens with one attached hydrogen (secondary N) is 1. The molecule has 1 aliphatic carbocycles. The molecule has 1 heterocycles. The lowest BCUT2D eigenvalue weighted by Crippen LogP contribution is -2.23. The van der Waals surface area contributed by atoms with Gasteiger partial charge < -0.3 is 10.1 Å². The van der Waals surface area contributed by atoms with Crippen LogP contribution < -0.4 is 10.1 Å². The Hall–Kier alpha value is -1.32.